The van der Waals surface area contributed by atoms with Crippen molar-refractivity contribution in [2.45, 2.75) is 19.0 Å². The monoisotopic (exact) mass is 294 g/mol. The number of benzene rings is 1. The van der Waals surface area contributed by atoms with Crippen LogP contribution in [0.25, 0.3) is 0 Å². The number of amides is 3. The molecule has 0 radical (unpaired) electrons. The van der Waals surface area contributed by atoms with Gasteiger partial charge in [-0.3, -0.25) is 4.79 Å². The maximum atomic E-state index is 11.8. The summed E-state index contributed by atoms with van der Waals surface area (Å²) in [6.45, 7) is 0.542. The summed E-state index contributed by atoms with van der Waals surface area (Å²) < 4.78 is 0. The Morgan fingerprint density at radius 2 is 1.95 bits per heavy atom. The molecular formula is C13H18N4O4. The molecule has 6 N–H and O–H groups in total. The number of nitrogens with two attached hydrogens (primary N) is 1. The van der Waals surface area contributed by atoms with E-state index < -0.39 is 30.4 Å². The molecule has 0 aliphatic carbocycles. The maximum Gasteiger partial charge on any atom is 0.326 e. The van der Waals surface area contributed by atoms with Crippen molar-refractivity contribution in [1.29, 1.82) is 0 Å². The van der Waals surface area contributed by atoms with Gasteiger partial charge in [-0.15, -0.1) is 0 Å². The second-order valence-electron chi connectivity index (χ2n) is 4.35. The lowest BCUT2D eigenvalue weighted by Gasteiger charge is -2.15. The number of primary amides is 1. The van der Waals surface area contributed by atoms with Crippen molar-refractivity contribution in [3.63, 3.8) is 0 Å². The van der Waals surface area contributed by atoms with Gasteiger partial charge in [0.1, 0.15) is 6.04 Å². The number of carboxylic acids is 1. The van der Waals surface area contributed by atoms with Crippen molar-refractivity contribution < 1.29 is 19.5 Å². The van der Waals surface area contributed by atoms with Crippen LogP contribution in [0.4, 0.5) is 10.5 Å². The summed E-state index contributed by atoms with van der Waals surface area (Å²) in [5.74, 6) is -2.13. The van der Waals surface area contributed by atoms with Gasteiger partial charge in [-0.05, 0) is 18.7 Å². The summed E-state index contributed by atoms with van der Waals surface area (Å²) in [7, 11) is 1.77. The number of aliphatic carboxylic acids is 1. The number of nitrogens with one attached hydrogen (secondary N) is 3. The molecule has 0 saturated heterocycles. The smallest absolute Gasteiger partial charge is 0.326 e. The van der Waals surface area contributed by atoms with E-state index in [-0.39, 0.29) is 0 Å². The molecule has 3 amide bonds. The minimum Gasteiger partial charge on any atom is -0.480 e. The number of rotatable bonds is 7. The molecule has 0 unspecified atom stereocenters. The third kappa shape index (κ3) is 5.49. The van der Waals surface area contributed by atoms with Gasteiger partial charge in [-0.1, -0.05) is 18.2 Å². The van der Waals surface area contributed by atoms with Crippen molar-refractivity contribution in [2.75, 3.05) is 12.4 Å². The highest BCUT2D eigenvalue weighted by molar-refractivity contribution is 5.94. The Labute approximate surface area is 121 Å². The fourth-order valence-electron chi connectivity index (χ4n) is 1.70. The van der Waals surface area contributed by atoms with Crippen LogP contribution in [0.15, 0.2) is 24.3 Å². The third-order valence-corrected chi connectivity index (χ3v) is 2.64. The molecule has 1 aromatic rings. The molecule has 0 fully saturated rings. The maximum absolute atomic E-state index is 11.8. The Morgan fingerprint density at radius 1 is 1.29 bits per heavy atom. The van der Waals surface area contributed by atoms with Crippen molar-refractivity contribution >= 4 is 23.6 Å². The molecule has 8 nitrogen and oxygen atoms in total. The summed E-state index contributed by atoms with van der Waals surface area (Å²) in [4.78, 5) is 33.5. The average Bonchev–Trinajstić information content (AvgIpc) is 2.40. The Hall–Kier alpha value is -2.61. The first-order valence-corrected chi connectivity index (χ1v) is 6.25. The molecule has 0 saturated carbocycles. The fourth-order valence-corrected chi connectivity index (χ4v) is 1.70. The van der Waals surface area contributed by atoms with Crippen LogP contribution in [0.5, 0.6) is 0 Å². The van der Waals surface area contributed by atoms with E-state index in [2.05, 4.69) is 16.0 Å². The molecule has 0 aliphatic heterocycles. The Balaban J connectivity index is 2.72. The number of anilines is 1. The number of hydrogen-bond acceptors (Lipinski definition) is 4. The fraction of sp³-hybridized carbons (Fsp3) is 0.308. The largest absolute Gasteiger partial charge is 0.480 e. The number of urea groups is 1. The van der Waals surface area contributed by atoms with E-state index in [0.717, 1.165) is 5.56 Å². The van der Waals surface area contributed by atoms with Gasteiger partial charge >= 0.3 is 12.0 Å². The molecule has 0 aromatic heterocycles. The number of carbonyl (C=O) groups excluding carboxylic acids is 2. The van der Waals surface area contributed by atoms with Crippen LogP contribution in [0.3, 0.4) is 0 Å². The zero-order valence-corrected chi connectivity index (χ0v) is 11.6. The van der Waals surface area contributed by atoms with Crippen LogP contribution >= 0.6 is 0 Å². The lowest BCUT2D eigenvalue weighted by Crippen LogP contribution is -2.45. The molecule has 21 heavy (non-hydrogen) atoms. The van der Waals surface area contributed by atoms with Crippen LogP contribution in [0.2, 0.25) is 0 Å². The van der Waals surface area contributed by atoms with Crippen molar-refractivity contribution in [1.82, 2.24) is 10.6 Å². The summed E-state index contributed by atoms with van der Waals surface area (Å²) >= 11 is 0. The third-order valence-electron chi connectivity index (χ3n) is 2.64. The Bertz CT molecular complexity index is 533. The highest BCUT2D eigenvalue weighted by atomic mass is 16.4. The van der Waals surface area contributed by atoms with Crippen molar-refractivity contribution in [2.24, 2.45) is 5.73 Å². The zero-order chi connectivity index (χ0) is 15.8. The van der Waals surface area contributed by atoms with E-state index in [1.807, 2.05) is 12.1 Å². The van der Waals surface area contributed by atoms with Crippen LogP contribution in [0, 0.1) is 0 Å². The molecule has 8 heteroatoms. The summed E-state index contributed by atoms with van der Waals surface area (Å²) in [6.07, 6.45) is -0.471. The van der Waals surface area contributed by atoms with Crippen LogP contribution in [-0.2, 0) is 16.1 Å². The molecule has 1 rings (SSSR count). The summed E-state index contributed by atoms with van der Waals surface area (Å²) in [6, 6.07) is 5.00. The van der Waals surface area contributed by atoms with Gasteiger partial charge in [0, 0.05) is 12.2 Å². The van der Waals surface area contributed by atoms with Gasteiger partial charge in [-0.2, -0.15) is 0 Å². The number of hydrogen-bond donors (Lipinski definition) is 5. The molecule has 0 heterocycles. The first kappa shape index (κ1) is 16.4. The van der Waals surface area contributed by atoms with Gasteiger partial charge in [0.25, 0.3) is 0 Å². The number of carboxylic acid groups (broad SMARTS) is 1. The van der Waals surface area contributed by atoms with E-state index in [1.165, 1.54) is 0 Å². The standard InChI is InChI=1S/C13H18N4O4/c1-15-7-8-4-2-3-5-9(8)16-13(21)17-10(12(19)20)6-11(14)18/h2-5,10,15H,6-7H2,1H3,(H2,14,18)(H,19,20)(H2,16,17,21)/t10-/m0/s1. The second kappa shape index (κ2) is 7.85. The van der Waals surface area contributed by atoms with Gasteiger partial charge in [0.05, 0.1) is 6.42 Å². The van der Waals surface area contributed by atoms with Crippen molar-refractivity contribution in [3.8, 4) is 0 Å². The predicted molar refractivity (Wildman–Crippen MR) is 76.6 cm³/mol. The van der Waals surface area contributed by atoms with E-state index in [9.17, 15) is 14.4 Å². The lowest BCUT2D eigenvalue weighted by molar-refractivity contribution is -0.140. The Kier molecular flexibility index (Phi) is 6.15. The molecule has 1 atom stereocenters. The molecule has 0 aliphatic rings. The summed E-state index contributed by atoms with van der Waals surface area (Å²) in [5.41, 5.74) is 6.33. The molecule has 1 aromatic carbocycles. The first-order chi connectivity index (χ1) is 9.93. The second-order valence-corrected chi connectivity index (χ2v) is 4.35. The van der Waals surface area contributed by atoms with Gasteiger partial charge in [0.15, 0.2) is 0 Å². The van der Waals surface area contributed by atoms with Crippen LogP contribution < -0.4 is 21.7 Å². The lowest BCUT2D eigenvalue weighted by atomic mass is 10.1. The molecule has 0 spiro atoms. The normalized spacial score (nSPS) is 11.5. The molecule has 114 valence electrons. The minimum atomic E-state index is -1.36. The Morgan fingerprint density at radius 3 is 2.52 bits per heavy atom. The number of carbonyl (C=O) groups is 3. The highest BCUT2D eigenvalue weighted by Crippen LogP contribution is 2.14. The van der Waals surface area contributed by atoms with E-state index >= 15 is 0 Å². The van der Waals surface area contributed by atoms with E-state index in [4.69, 9.17) is 10.8 Å². The predicted octanol–water partition coefficient (Wildman–Crippen LogP) is -0.144. The number of para-hydroxylation sites is 1. The average molecular weight is 294 g/mol. The first-order valence-electron chi connectivity index (χ1n) is 6.25. The quantitative estimate of drug-likeness (QED) is 0.477. The molecular weight excluding hydrogens is 276 g/mol. The van der Waals surface area contributed by atoms with Gasteiger partial charge < -0.3 is 26.8 Å². The minimum absolute atomic E-state index is 0.471. The topological polar surface area (TPSA) is 134 Å². The SMILES string of the molecule is CNCc1ccccc1NC(=O)N[C@@H](CC(N)=O)C(=O)O. The van der Waals surface area contributed by atoms with Crippen LogP contribution in [0.1, 0.15) is 12.0 Å². The zero-order valence-electron chi connectivity index (χ0n) is 11.6. The van der Waals surface area contributed by atoms with Crippen molar-refractivity contribution in [3.05, 3.63) is 29.8 Å². The van der Waals surface area contributed by atoms with E-state index in [1.54, 1.807) is 19.2 Å². The molecule has 0 bridgehead atoms. The van der Waals surface area contributed by atoms with E-state index in [0.29, 0.717) is 12.2 Å². The van der Waals surface area contributed by atoms with Gasteiger partial charge in [0.2, 0.25) is 5.91 Å². The highest BCUT2D eigenvalue weighted by Gasteiger charge is 2.22. The van der Waals surface area contributed by atoms with Gasteiger partial charge in [-0.25, -0.2) is 9.59 Å². The van der Waals surface area contributed by atoms with Crippen LogP contribution in [-0.4, -0.2) is 36.1 Å². The summed E-state index contributed by atoms with van der Waals surface area (Å²) in [5, 5.41) is 16.6.